The number of benzene rings is 2. The highest BCUT2D eigenvalue weighted by Gasteiger charge is 2.18. The van der Waals surface area contributed by atoms with E-state index >= 15 is 0 Å². The Morgan fingerprint density at radius 2 is 1.46 bits per heavy atom. The van der Waals surface area contributed by atoms with Gasteiger partial charge in [0.05, 0.1) is 10.6 Å². The zero-order valence-electron chi connectivity index (χ0n) is 15.9. The lowest BCUT2D eigenvalue weighted by molar-refractivity contribution is -0.111. The lowest BCUT2D eigenvalue weighted by Gasteiger charge is -2.12. The summed E-state index contributed by atoms with van der Waals surface area (Å²) in [6.07, 6.45) is 3.01. The van der Waals surface area contributed by atoms with Crippen molar-refractivity contribution in [3.05, 3.63) is 89.0 Å². The second-order valence-electron chi connectivity index (χ2n) is 6.51. The van der Waals surface area contributed by atoms with Crippen molar-refractivity contribution in [3.8, 4) is 0 Å². The van der Waals surface area contributed by atoms with Crippen LogP contribution in [0.2, 0.25) is 0 Å². The molecule has 142 valence electrons. The number of rotatable bonds is 3. The van der Waals surface area contributed by atoms with E-state index in [1.807, 2.05) is 13.0 Å². The van der Waals surface area contributed by atoms with Crippen LogP contribution in [0.1, 0.15) is 25.0 Å². The van der Waals surface area contributed by atoms with Crippen molar-refractivity contribution in [1.82, 2.24) is 0 Å². The topological polar surface area (TPSA) is 75.9 Å². The Hall–Kier alpha value is -3.12. The number of allylic oxidation sites excluding steroid dienone is 4. The molecule has 0 spiro atoms. The number of carbonyl (C=O) groups is 1. The van der Waals surface area contributed by atoms with E-state index < -0.39 is 10.0 Å². The van der Waals surface area contributed by atoms with E-state index in [-0.39, 0.29) is 16.5 Å². The second-order valence-corrected chi connectivity index (χ2v) is 8.12. The van der Waals surface area contributed by atoms with Gasteiger partial charge < -0.3 is 0 Å². The fourth-order valence-electron chi connectivity index (χ4n) is 2.62. The number of amidine groups is 1. The summed E-state index contributed by atoms with van der Waals surface area (Å²) in [4.78, 5) is 16.4. The number of aryl methyl sites for hydroxylation is 1. The quantitative estimate of drug-likeness (QED) is 0.449. The molecular formula is C22H20N2O3S. The van der Waals surface area contributed by atoms with Crippen LogP contribution in [0.3, 0.4) is 0 Å². The fourth-order valence-corrected chi connectivity index (χ4v) is 3.58. The molecule has 1 aliphatic rings. The maximum absolute atomic E-state index is 12.8. The number of carbonyl (C=O) groups excluding carboxylic acids is 1. The SMILES string of the molecule is CC1=C(C)C(=NC(=NS(=O)(=O)c2ccc(C)cc2)c2ccccc2)C=CC1=O. The molecule has 0 atom stereocenters. The van der Waals surface area contributed by atoms with Crippen molar-refractivity contribution >= 4 is 27.4 Å². The van der Waals surface area contributed by atoms with Crippen LogP contribution in [-0.2, 0) is 14.8 Å². The summed E-state index contributed by atoms with van der Waals surface area (Å²) in [7, 11) is -3.94. The average molecular weight is 392 g/mol. The maximum atomic E-state index is 12.8. The molecule has 5 nitrogen and oxygen atoms in total. The zero-order valence-corrected chi connectivity index (χ0v) is 16.7. The van der Waals surface area contributed by atoms with Gasteiger partial charge in [-0.3, -0.25) is 4.79 Å². The Bertz CT molecular complexity index is 1140. The van der Waals surface area contributed by atoms with Crippen LogP contribution in [0.15, 0.2) is 92.2 Å². The van der Waals surface area contributed by atoms with Crippen LogP contribution in [0.5, 0.6) is 0 Å². The maximum Gasteiger partial charge on any atom is 0.284 e. The molecule has 0 radical (unpaired) electrons. The molecule has 0 aliphatic heterocycles. The van der Waals surface area contributed by atoms with Gasteiger partial charge in [-0.05, 0) is 50.6 Å². The molecule has 0 N–H and O–H groups in total. The molecule has 0 saturated heterocycles. The standard InChI is InChI=1S/C22H20N2O3S/c1-15-9-11-19(12-10-15)28(26,27)24-22(18-7-5-4-6-8-18)23-20-13-14-21(25)17(3)16(20)2/h4-14H,1-3H3. The Kier molecular flexibility index (Phi) is 5.51. The highest BCUT2D eigenvalue weighted by atomic mass is 32.2. The van der Waals surface area contributed by atoms with Gasteiger partial charge in [0, 0.05) is 11.1 Å². The summed E-state index contributed by atoms with van der Waals surface area (Å²) in [6, 6.07) is 15.4. The highest BCUT2D eigenvalue weighted by Crippen LogP contribution is 2.18. The molecule has 0 heterocycles. The molecular weight excluding hydrogens is 372 g/mol. The summed E-state index contributed by atoms with van der Waals surface area (Å²) in [5.74, 6) is -0.00995. The molecule has 0 aromatic heterocycles. The van der Waals surface area contributed by atoms with Crippen LogP contribution in [0.25, 0.3) is 0 Å². The predicted molar refractivity (Wildman–Crippen MR) is 111 cm³/mol. The summed E-state index contributed by atoms with van der Waals surface area (Å²) in [5, 5.41) is 0. The molecule has 1 aliphatic carbocycles. The summed E-state index contributed by atoms with van der Waals surface area (Å²) in [5.41, 5.74) is 3.32. The summed E-state index contributed by atoms with van der Waals surface area (Å²) in [6.45, 7) is 5.39. The van der Waals surface area contributed by atoms with Gasteiger partial charge in [-0.15, -0.1) is 4.40 Å². The van der Waals surface area contributed by atoms with E-state index in [0.717, 1.165) is 5.56 Å². The molecule has 0 bridgehead atoms. The normalized spacial score (nSPS) is 16.8. The van der Waals surface area contributed by atoms with E-state index in [2.05, 4.69) is 9.39 Å². The van der Waals surface area contributed by atoms with Crippen LogP contribution in [-0.4, -0.2) is 25.7 Å². The summed E-state index contributed by atoms with van der Waals surface area (Å²) >= 11 is 0. The van der Waals surface area contributed by atoms with Gasteiger partial charge in [0.1, 0.15) is 0 Å². The number of hydrogen-bond acceptors (Lipinski definition) is 3. The minimum absolute atomic E-state index is 0.0716. The van der Waals surface area contributed by atoms with E-state index in [0.29, 0.717) is 22.4 Å². The average Bonchev–Trinajstić information content (AvgIpc) is 2.68. The van der Waals surface area contributed by atoms with Gasteiger partial charge in [0.2, 0.25) is 0 Å². The Morgan fingerprint density at radius 3 is 2.11 bits per heavy atom. The zero-order chi connectivity index (χ0) is 20.3. The smallest absolute Gasteiger partial charge is 0.284 e. The number of nitrogens with zero attached hydrogens (tertiary/aromatic N) is 2. The Morgan fingerprint density at radius 1 is 0.821 bits per heavy atom. The minimum Gasteiger partial charge on any atom is -0.290 e. The first-order valence-electron chi connectivity index (χ1n) is 8.74. The van der Waals surface area contributed by atoms with Crippen LogP contribution < -0.4 is 0 Å². The van der Waals surface area contributed by atoms with Gasteiger partial charge in [0.25, 0.3) is 10.0 Å². The van der Waals surface area contributed by atoms with Crippen molar-refractivity contribution < 1.29 is 13.2 Å². The van der Waals surface area contributed by atoms with Crippen LogP contribution in [0, 0.1) is 6.92 Å². The first-order chi connectivity index (χ1) is 13.3. The number of aliphatic imine (C=N–C) groups is 1. The number of hydrogen-bond donors (Lipinski definition) is 0. The number of ketones is 1. The van der Waals surface area contributed by atoms with E-state index in [1.54, 1.807) is 56.3 Å². The van der Waals surface area contributed by atoms with Gasteiger partial charge >= 0.3 is 0 Å². The first-order valence-corrected chi connectivity index (χ1v) is 10.2. The van der Waals surface area contributed by atoms with E-state index in [4.69, 9.17) is 0 Å². The second kappa shape index (κ2) is 7.86. The van der Waals surface area contributed by atoms with Crippen molar-refractivity contribution in [2.24, 2.45) is 9.39 Å². The molecule has 0 saturated carbocycles. The van der Waals surface area contributed by atoms with Crippen LogP contribution >= 0.6 is 0 Å². The van der Waals surface area contributed by atoms with Gasteiger partial charge in [-0.2, -0.15) is 8.42 Å². The number of sulfonamides is 1. The van der Waals surface area contributed by atoms with Crippen molar-refractivity contribution in [2.45, 2.75) is 25.7 Å². The van der Waals surface area contributed by atoms with E-state index in [9.17, 15) is 13.2 Å². The lowest BCUT2D eigenvalue weighted by atomic mass is 9.97. The largest absolute Gasteiger partial charge is 0.290 e. The molecule has 0 amide bonds. The molecule has 6 heteroatoms. The van der Waals surface area contributed by atoms with Gasteiger partial charge in [0.15, 0.2) is 11.6 Å². The monoisotopic (exact) mass is 392 g/mol. The molecule has 0 unspecified atom stereocenters. The molecule has 3 rings (SSSR count). The van der Waals surface area contributed by atoms with Crippen molar-refractivity contribution in [3.63, 3.8) is 0 Å². The first kappa shape index (κ1) is 19.6. The molecule has 0 fully saturated rings. The lowest BCUT2D eigenvalue weighted by Crippen LogP contribution is -2.14. The highest BCUT2D eigenvalue weighted by molar-refractivity contribution is 7.90. The molecule has 2 aromatic rings. The third-order valence-electron chi connectivity index (χ3n) is 4.49. The summed E-state index contributed by atoms with van der Waals surface area (Å²) < 4.78 is 29.7. The third-order valence-corrected chi connectivity index (χ3v) is 5.77. The third kappa shape index (κ3) is 4.23. The van der Waals surface area contributed by atoms with Crippen LogP contribution in [0.4, 0.5) is 0 Å². The van der Waals surface area contributed by atoms with Crippen molar-refractivity contribution in [2.75, 3.05) is 0 Å². The molecule has 28 heavy (non-hydrogen) atoms. The Balaban J connectivity index is 2.15. The van der Waals surface area contributed by atoms with E-state index in [1.165, 1.54) is 18.2 Å². The predicted octanol–water partition coefficient (Wildman–Crippen LogP) is 4.05. The van der Waals surface area contributed by atoms with Crippen molar-refractivity contribution in [1.29, 1.82) is 0 Å². The minimum atomic E-state index is -3.94. The molecule has 2 aromatic carbocycles. The fraction of sp³-hybridized carbons (Fsp3) is 0.136. The van der Waals surface area contributed by atoms with Gasteiger partial charge in [-0.25, -0.2) is 4.99 Å². The Labute approximate surface area is 164 Å². The van der Waals surface area contributed by atoms with Gasteiger partial charge in [-0.1, -0.05) is 48.0 Å².